The normalized spacial score (nSPS) is 18.6. The second kappa shape index (κ2) is 6.83. The van der Waals surface area contributed by atoms with Crippen molar-refractivity contribution in [3.05, 3.63) is 0 Å². The van der Waals surface area contributed by atoms with E-state index in [1.54, 1.807) is 0 Å². The molecule has 1 rings (SSSR count). The van der Waals surface area contributed by atoms with Gasteiger partial charge in [-0.3, -0.25) is 9.59 Å². The number of ether oxygens (including phenoxy) is 1. The summed E-state index contributed by atoms with van der Waals surface area (Å²) in [6.07, 6.45) is 1.02. The first kappa shape index (κ1) is 14.3. The fourth-order valence-electron chi connectivity index (χ4n) is 1.47. The van der Waals surface area contributed by atoms with Crippen molar-refractivity contribution in [3.8, 4) is 0 Å². The first-order chi connectivity index (χ1) is 8.02. The Bertz CT molecular complexity index is 278. The number of hydrogen-bond acceptors (Lipinski definition) is 5. The van der Waals surface area contributed by atoms with Crippen LogP contribution in [-0.4, -0.2) is 59.0 Å². The summed E-state index contributed by atoms with van der Waals surface area (Å²) in [6, 6.07) is 0. The van der Waals surface area contributed by atoms with Gasteiger partial charge in [0.1, 0.15) is 0 Å². The van der Waals surface area contributed by atoms with Crippen molar-refractivity contribution in [2.45, 2.75) is 18.4 Å². The fraction of sp³-hybridized carbons (Fsp3) is 0.800. The molecule has 0 aliphatic carbocycles. The lowest BCUT2D eigenvalue weighted by molar-refractivity contribution is -0.133. The number of nitrogens with one attached hydrogen (secondary N) is 1. The number of rotatable bonds is 6. The first-order valence-electron chi connectivity index (χ1n) is 5.38. The Kier molecular flexibility index (Phi) is 5.73. The quantitative estimate of drug-likeness (QED) is 0.596. The highest BCUT2D eigenvalue weighted by Gasteiger charge is 2.29. The smallest absolute Gasteiger partial charge is 0.313 e. The Labute approximate surface area is 104 Å². The SMILES string of the molecule is O=C(O)CSCC(=O)NCC1(O)CCOCC1. The van der Waals surface area contributed by atoms with Gasteiger partial charge in [-0.2, -0.15) is 0 Å². The summed E-state index contributed by atoms with van der Waals surface area (Å²) in [4.78, 5) is 21.6. The van der Waals surface area contributed by atoms with Crippen LogP contribution in [0.4, 0.5) is 0 Å². The van der Waals surface area contributed by atoms with Crippen LogP contribution in [0, 0.1) is 0 Å². The van der Waals surface area contributed by atoms with Crippen LogP contribution >= 0.6 is 11.8 Å². The molecule has 0 atom stereocenters. The first-order valence-corrected chi connectivity index (χ1v) is 6.54. The molecule has 0 spiro atoms. The Morgan fingerprint density at radius 2 is 1.94 bits per heavy atom. The molecule has 1 heterocycles. The number of carboxylic acids is 1. The molecule has 0 bridgehead atoms. The van der Waals surface area contributed by atoms with Crippen molar-refractivity contribution < 1.29 is 24.5 Å². The van der Waals surface area contributed by atoms with Crippen LogP contribution < -0.4 is 5.32 Å². The van der Waals surface area contributed by atoms with E-state index in [1.807, 2.05) is 0 Å². The Morgan fingerprint density at radius 3 is 2.53 bits per heavy atom. The third-order valence-electron chi connectivity index (χ3n) is 2.50. The van der Waals surface area contributed by atoms with Gasteiger partial charge in [0.25, 0.3) is 0 Å². The summed E-state index contributed by atoms with van der Waals surface area (Å²) in [5.41, 5.74) is -0.884. The van der Waals surface area contributed by atoms with Gasteiger partial charge in [-0.05, 0) is 0 Å². The van der Waals surface area contributed by atoms with E-state index in [9.17, 15) is 14.7 Å². The van der Waals surface area contributed by atoms with Crippen molar-refractivity contribution >= 4 is 23.6 Å². The molecular weight excluding hydrogens is 246 g/mol. The molecule has 1 saturated heterocycles. The van der Waals surface area contributed by atoms with Gasteiger partial charge in [0.2, 0.25) is 5.91 Å². The number of carbonyl (C=O) groups excluding carboxylic acids is 1. The number of aliphatic hydroxyl groups is 1. The van der Waals surface area contributed by atoms with E-state index in [0.717, 1.165) is 11.8 Å². The maximum absolute atomic E-state index is 11.3. The second-order valence-corrected chi connectivity index (χ2v) is 4.99. The predicted molar refractivity (Wildman–Crippen MR) is 63.0 cm³/mol. The molecular formula is C10H17NO5S. The summed E-state index contributed by atoms with van der Waals surface area (Å²) < 4.78 is 5.12. The zero-order chi connectivity index (χ0) is 12.7. The molecule has 1 amide bonds. The molecule has 7 heteroatoms. The predicted octanol–water partition coefficient (Wildman–Crippen LogP) is -0.538. The zero-order valence-electron chi connectivity index (χ0n) is 9.48. The lowest BCUT2D eigenvalue weighted by Gasteiger charge is -2.32. The van der Waals surface area contributed by atoms with Crippen LogP contribution in [0.5, 0.6) is 0 Å². The number of aliphatic carboxylic acids is 1. The van der Waals surface area contributed by atoms with Crippen molar-refractivity contribution in [1.29, 1.82) is 0 Å². The highest BCUT2D eigenvalue weighted by atomic mass is 32.2. The molecule has 0 radical (unpaired) electrons. The summed E-state index contributed by atoms with van der Waals surface area (Å²) in [5.74, 6) is -1.19. The molecule has 6 nitrogen and oxygen atoms in total. The van der Waals surface area contributed by atoms with Crippen LogP contribution in [0.2, 0.25) is 0 Å². The minimum atomic E-state index is -0.939. The van der Waals surface area contributed by atoms with Gasteiger partial charge in [0.05, 0.1) is 17.1 Å². The summed E-state index contributed by atoms with van der Waals surface area (Å²) in [6.45, 7) is 1.20. The van der Waals surface area contributed by atoms with Gasteiger partial charge in [-0.25, -0.2) is 0 Å². The number of carboxylic acid groups (broad SMARTS) is 1. The molecule has 98 valence electrons. The highest BCUT2D eigenvalue weighted by Crippen LogP contribution is 2.19. The van der Waals surface area contributed by atoms with Crippen molar-refractivity contribution in [3.63, 3.8) is 0 Å². The molecule has 0 aromatic rings. The molecule has 1 aliphatic rings. The average Bonchev–Trinajstić information content (AvgIpc) is 2.27. The molecule has 1 fully saturated rings. The number of hydrogen-bond donors (Lipinski definition) is 3. The van der Waals surface area contributed by atoms with Gasteiger partial charge in [0, 0.05) is 32.6 Å². The molecule has 1 aliphatic heterocycles. The minimum absolute atomic E-state index is 0.0917. The summed E-state index contributed by atoms with van der Waals surface area (Å²) >= 11 is 1.04. The Hall–Kier alpha value is -0.790. The molecule has 0 saturated carbocycles. The van der Waals surface area contributed by atoms with E-state index in [4.69, 9.17) is 9.84 Å². The van der Waals surface area contributed by atoms with Gasteiger partial charge in [-0.15, -0.1) is 11.8 Å². The van der Waals surface area contributed by atoms with Crippen molar-refractivity contribution in [1.82, 2.24) is 5.32 Å². The average molecular weight is 263 g/mol. The molecule has 3 N–H and O–H groups in total. The molecule has 0 unspecified atom stereocenters. The standard InChI is InChI=1S/C10H17NO5S/c12-8(5-17-6-9(13)14)11-7-10(15)1-3-16-4-2-10/h15H,1-7H2,(H,11,12)(H,13,14). The van der Waals surface area contributed by atoms with Crippen LogP contribution in [-0.2, 0) is 14.3 Å². The third-order valence-corrected chi connectivity index (χ3v) is 3.41. The topological polar surface area (TPSA) is 95.9 Å². The van der Waals surface area contributed by atoms with Gasteiger partial charge < -0.3 is 20.3 Å². The van der Waals surface area contributed by atoms with Gasteiger partial charge in [-0.1, -0.05) is 0 Å². The minimum Gasteiger partial charge on any atom is -0.481 e. The monoisotopic (exact) mass is 263 g/mol. The van der Waals surface area contributed by atoms with E-state index in [-0.39, 0.29) is 24.0 Å². The largest absolute Gasteiger partial charge is 0.481 e. The lowest BCUT2D eigenvalue weighted by atomic mass is 9.94. The second-order valence-electron chi connectivity index (χ2n) is 4.00. The Balaban J connectivity index is 2.16. The summed E-state index contributed by atoms with van der Waals surface area (Å²) in [7, 11) is 0. The zero-order valence-corrected chi connectivity index (χ0v) is 10.3. The number of carbonyl (C=O) groups is 2. The van der Waals surface area contributed by atoms with Gasteiger partial charge in [0.15, 0.2) is 0 Å². The van der Waals surface area contributed by atoms with E-state index in [1.165, 1.54) is 0 Å². The number of thioether (sulfide) groups is 1. The van der Waals surface area contributed by atoms with Crippen LogP contribution in [0.25, 0.3) is 0 Å². The van der Waals surface area contributed by atoms with E-state index >= 15 is 0 Å². The number of amides is 1. The van der Waals surface area contributed by atoms with Crippen LogP contribution in [0.1, 0.15) is 12.8 Å². The lowest BCUT2D eigenvalue weighted by Crippen LogP contribution is -2.47. The summed E-state index contributed by atoms with van der Waals surface area (Å²) in [5, 5.41) is 21.0. The Morgan fingerprint density at radius 1 is 1.29 bits per heavy atom. The maximum atomic E-state index is 11.3. The maximum Gasteiger partial charge on any atom is 0.313 e. The molecule has 0 aromatic carbocycles. The highest BCUT2D eigenvalue weighted by molar-refractivity contribution is 8.00. The molecule has 0 aromatic heterocycles. The fourth-order valence-corrected chi connectivity index (χ4v) is 2.04. The van der Waals surface area contributed by atoms with Crippen molar-refractivity contribution in [2.75, 3.05) is 31.3 Å². The third kappa shape index (κ3) is 5.90. The van der Waals surface area contributed by atoms with Gasteiger partial charge >= 0.3 is 5.97 Å². The van der Waals surface area contributed by atoms with Crippen LogP contribution in [0.15, 0.2) is 0 Å². The molecule has 17 heavy (non-hydrogen) atoms. The van der Waals surface area contributed by atoms with E-state index in [2.05, 4.69) is 5.32 Å². The van der Waals surface area contributed by atoms with Crippen LogP contribution in [0.3, 0.4) is 0 Å². The van der Waals surface area contributed by atoms with E-state index in [0.29, 0.717) is 26.1 Å². The van der Waals surface area contributed by atoms with E-state index < -0.39 is 11.6 Å². The van der Waals surface area contributed by atoms with Crippen molar-refractivity contribution in [2.24, 2.45) is 0 Å².